The molecule has 1 fully saturated rings. The first kappa shape index (κ1) is 11.5. The van der Waals surface area contributed by atoms with Crippen LogP contribution in [0, 0.1) is 6.92 Å². The van der Waals surface area contributed by atoms with E-state index in [4.69, 9.17) is 4.74 Å². The molecule has 1 aliphatic carbocycles. The maximum atomic E-state index is 10.0. The van der Waals surface area contributed by atoms with Crippen molar-refractivity contribution in [1.82, 2.24) is 4.98 Å². The summed E-state index contributed by atoms with van der Waals surface area (Å²) in [7, 11) is 0. The van der Waals surface area contributed by atoms with Gasteiger partial charge in [0.15, 0.2) is 0 Å². The van der Waals surface area contributed by atoms with Crippen molar-refractivity contribution < 1.29 is 9.84 Å². The van der Waals surface area contributed by atoms with Crippen LogP contribution >= 0.6 is 0 Å². The molecule has 2 aromatic rings. The highest BCUT2D eigenvalue weighted by Crippen LogP contribution is 2.36. The summed E-state index contributed by atoms with van der Waals surface area (Å²) < 4.78 is 5.92. The highest BCUT2D eigenvalue weighted by atomic mass is 16.5. The smallest absolute Gasteiger partial charge is 0.146 e. The highest BCUT2D eigenvalue weighted by Gasteiger charge is 2.43. The van der Waals surface area contributed by atoms with E-state index in [0.29, 0.717) is 0 Å². The Bertz CT molecular complexity index is 592. The SMILES string of the molecule is Cc1ccc2cccc(O[C@H]3CC[C@]3(C)O)c2n1. The number of aliphatic hydroxyl groups is 1. The van der Waals surface area contributed by atoms with E-state index in [2.05, 4.69) is 4.98 Å². The summed E-state index contributed by atoms with van der Waals surface area (Å²) in [5.74, 6) is 0.765. The summed E-state index contributed by atoms with van der Waals surface area (Å²) >= 11 is 0. The van der Waals surface area contributed by atoms with Crippen LogP contribution in [0.3, 0.4) is 0 Å². The number of rotatable bonds is 2. The third kappa shape index (κ3) is 1.85. The van der Waals surface area contributed by atoms with Crippen LogP contribution in [-0.4, -0.2) is 21.8 Å². The van der Waals surface area contributed by atoms with Crippen LogP contribution in [-0.2, 0) is 0 Å². The van der Waals surface area contributed by atoms with Gasteiger partial charge in [0, 0.05) is 11.1 Å². The lowest BCUT2D eigenvalue weighted by molar-refractivity contribution is -0.117. The van der Waals surface area contributed by atoms with Crippen LogP contribution in [0.4, 0.5) is 0 Å². The van der Waals surface area contributed by atoms with Gasteiger partial charge >= 0.3 is 0 Å². The predicted molar refractivity (Wildman–Crippen MR) is 70.8 cm³/mol. The second-order valence-corrected chi connectivity index (χ2v) is 5.28. The number of aryl methyl sites for hydroxylation is 1. The fourth-order valence-electron chi connectivity index (χ4n) is 2.33. The molecule has 1 aromatic carbocycles. The number of hydrogen-bond acceptors (Lipinski definition) is 3. The molecule has 0 unspecified atom stereocenters. The lowest BCUT2D eigenvalue weighted by atomic mass is 9.78. The van der Waals surface area contributed by atoms with E-state index < -0.39 is 5.60 Å². The van der Waals surface area contributed by atoms with Crippen molar-refractivity contribution in [1.29, 1.82) is 0 Å². The molecular weight excluding hydrogens is 226 g/mol. The first-order valence-electron chi connectivity index (χ1n) is 6.32. The molecule has 3 nitrogen and oxygen atoms in total. The van der Waals surface area contributed by atoms with Crippen molar-refractivity contribution in [3.05, 3.63) is 36.0 Å². The Morgan fingerprint density at radius 2 is 2.17 bits per heavy atom. The molecule has 2 atom stereocenters. The van der Waals surface area contributed by atoms with E-state index in [0.717, 1.165) is 35.2 Å². The molecule has 1 heterocycles. The van der Waals surface area contributed by atoms with Gasteiger partial charge in [0.1, 0.15) is 17.4 Å². The minimum atomic E-state index is -0.702. The van der Waals surface area contributed by atoms with E-state index in [1.807, 2.05) is 44.2 Å². The monoisotopic (exact) mass is 243 g/mol. The zero-order valence-corrected chi connectivity index (χ0v) is 10.7. The average Bonchev–Trinajstić information content (AvgIpc) is 2.35. The Labute approximate surface area is 106 Å². The van der Waals surface area contributed by atoms with Gasteiger partial charge in [-0.3, -0.25) is 0 Å². The Morgan fingerprint density at radius 1 is 1.33 bits per heavy atom. The summed E-state index contributed by atoms with van der Waals surface area (Å²) in [6.07, 6.45) is 1.58. The van der Waals surface area contributed by atoms with Crippen molar-refractivity contribution >= 4 is 10.9 Å². The lowest BCUT2D eigenvalue weighted by Crippen LogP contribution is -2.52. The van der Waals surface area contributed by atoms with Crippen molar-refractivity contribution in [3.63, 3.8) is 0 Å². The molecule has 0 spiro atoms. The van der Waals surface area contributed by atoms with Gasteiger partial charge in [0.25, 0.3) is 0 Å². The molecule has 1 aliphatic rings. The number of fused-ring (bicyclic) bond motifs is 1. The third-order valence-corrected chi connectivity index (χ3v) is 3.70. The van der Waals surface area contributed by atoms with E-state index >= 15 is 0 Å². The number of pyridine rings is 1. The summed E-state index contributed by atoms with van der Waals surface area (Å²) in [4.78, 5) is 4.53. The van der Waals surface area contributed by atoms with E-state index in [-0.39, 0.29) is 6.10 Å². The topological polar surface area (TPSA) is 42.4 Å². The molecule has 0 saturated heterocycles. The molecule has 1 aromatic heterocycles. The quantitative estimate of drug-likeness (QED) is 0.882. The largest absolute Gasteiger partial charge is 0.485 e. The zero-order valence-electron chi connectivity index (χ0n) is 10.7. The summed E-state index contributed by atoms with van der Waals surface area (Å²) in [5, 5.41) is 11.1. The van der Waals surface area contributed by atoms with Crippen LogP contribution in [0.25, 0.3) is 10.9 Å². The molecule has 0 aliphatic heterocycles. The van der Waals surface area contributed by atoms with Gasteiger partial charge in [-0.15, -0.1) is 0 Å². The average molecular weight is 243 g/mol. The standard InChI is InChI=1S/C15H17NO2/c1-10-6-7-11-4-3-5-12(14(11)16-10)18-13-8-9-15(13,2)17/h3-7,13,17H,8-9H2,1-2H3/t13-,15-/m0/s1. The van der Waals surface area contributed by atoms with Gasteiger partial charge < -0.3 is 9.84 Å². The summed E-state index contributed by atoms with van der Waals surface area (Å²) in [6.45, 7) is 3.79. The van der Waals surface area contributed by atoms with E-state index in [1.165, 1.54) is 0 Å². The van der Waals surface area contributed by atoms with Crippen LogP contribution in [0.5, 0.6) is 5.75 Å². The maximum Gasteiger partial charge on any atom is 0.146 e. The minimum absolute atomic E-state index is 0.120. The molecule has 1 N–H and O–H groups in total. The van der Waals surface area contributed by atoms with Gasteiger partial charge in [-0.1, -0.05) is 18.2 Å². The second-order valence-electron chi connectivity index (χ2n) is 5.28. The molecular formula is C15H17NO2. The summed E-state index contributed by atoms with van der Waals surface area (Å²) in [5.41, 5.74) is 1.14. The molecule has 0 bridgehead atoms. The van der Waals surface area contributed by atoms with Crippen LogP contribution < -0.4 is 4.74 Å². The molecule has 0 radical (unpaired) electrons. The second kappa shape index (κ2) is 3.95. The van der Waals surface area contributed by atoms with Crippen LogP contribution in [0.2, 0.25) is 0 Å². The normalized spacial score (nSPS) is 26.9. The van der Waals surface area contributed by atoms with Crippen LogP contribution in [0.15, 0.2) is 30.3 Å². The van der Waals surface area contributed by atoms with Gasteiger partial charge in [-0.25, -0.2) is 4.98 Å². The number of aromatic nitrogens is 1. The Balaban J connectivity index is 1.99. The van der Waals surface area contributed by atoms with Gasteiger partial charge in [0.2, 0.25) is 0 Å². The van der Waals surface area contributed by atoms with Crippen molar-refractivity contribution in [2.75, 3.05) is 0 Å². The van der Waals surface area contributed by atoms with Gasteiger partial charge in [-0.2, -0.15) is 0 Å². The fourth-order valence-corrected chi connectivity index (χ4v) is 2.33. The van der Waals surface area contributed by atoms with Gasteiger partial charge in [-0.05, 0) is 38.8 Å². The molecule has 18 heavy (non-hydrogen) atoms. The van der Waals surface area contributed by atoms with Crippen LogP contribution in [0.1, 0.15) is 25.5 Å². The van der Waals surface area contributed by atoms with E-state index in [9.17, 15) is 5.11 Å². The first-order chi connectivity index (χ1) is 8.56. The molecule has 3 rings (SSSR count). The minimum Gasteiger partial charge on any atom is -0.485 e. The first-order valence-corrected chi connectivity index (χ1v) is 6.32. The number of para-hydroxylation sites is 1. The molecule has 0 amide bonds. The highest BCUT2D eigenvalue weighted by molar-refractivity contribution is 5.84. The molecule has 1 saturated carbocycles. The van der Waals surface area contributed by atoms with Crippen molar-refractivity contribution in [2.45, 2.75) is 38.4 Å². The molecule has 94 valence electrons. The Morgan fingerprint density at radius 3 is 2.83 bits per heavy atom. The third-order valence-electron chi connectivity index (χ3n) is 3.70. The maximum absolute atomic E-state index is 10.0. The van der Waals surface area contributed by atoms with Crippen molar-refractivity contribution in [3.8, 4) is 5.75 Å². The Kier molecular flexibility index (Phi) is 2.52. The predicted octanol–water partition coefficient (Wildman–Crippen LogP) is 2.84. The zero-order chi connectivity index (χ0) is 12.8. The fraction of sp³-hybridized carbons (Fsp3) is 0.400. The van der Waals surface area contributed by atoms with Gasteiger partial charge in [0.05, 0.1) is 5.60 Å². The lowest BCUT2D eigenvalue weighted by Gasteiger charge is -2.42. The Hall–Kier alpha value is -1.61. The van der Waals surface area contributed by atoms with Crippen molar-refractivity contribution in [2.24, 2.45) is 0 Å². The van der Waals surface area contributed by atoms with E-state index in [1.54, 1.807) is 0 Å². The number of ether oxygens (including phenoxy) is 1. The number of benzene rings is 1. The summed E-state index contributed by atoms with van der Waals surface area (Å²) in [6, 6.07) is 9.94. The number of nitrogens with zero attached hydrogens (tertiary/aromatic N) is 1. The number of hydrogen-bond donors (Lipinski definition) is 1. The molecule has 3 heteroatoms.